The van der Waals surface area contributed by atoms with Crippen LogP contribution in [-0.2, 0) is 20.7 Å². The standard InChI is InChI=1S/C17H26N2O3/c1-12(16(21)22-17(2,3)4)19-15(20)11-14(18)10-13-8-6-5-7-9-13/h5-9,12,14H,10-11,18H2,1-4H3,(H,19,20)/t12-,14-/m0/s1. The van der Waals surface area contributed by atoms with Crippen molar-refractivity contribution in [1.82, 2.24) is 5.32 Å². The molecule has 0 fully saturated rings. The van der Waals surface area contributed by atoms with Crippen LogP contribution < -0.4 is 11.1 Å². The van der Waals surface area contributed by atoms with Crippen molar-refractivity contribution in [3.05, 3.63) is 35.9 Å². The molecule has 0 saturated heterocycles. The van der Waals surface area contributed by atoms with Crippen LogP contribution in [-0.4, -0.2) is 29.6 Å². The van der Waals surface area contributed by atoms with Gasteiger partial charge >= 0.3 is 5.97 Å². The number of carbonyl (C=O) groups is 2. The van der Waals surface area contributed by atoms with Crippen LogP contribution in [0.15, 0.2) is 30.3 Å². The van der Waals surface area contributed by atoms with Gasteiger partial charge in [0.25, 0.3) is 0 Å². The molecular formula is C17H26N2O3. The number of hydrogen-bond donors (Lipinski definition) is 2. The SMILES string of the molecule is C[C@H](NC(=O)C[C@@H](N)Cc1ccccc1)C(=O)OC(C)(C)C. The summed E-state index contributed by atoms with van der Waals surface area (Å²) in [6, 6.07) is 8.79. The molecule has 0 aliphatic heterocycles. The molecule has 5 heteroatoms. The van der Waals surface area contributed by atoms with Crippen molar-refractivity contribution in [2.24, 2.45) is 5.73 Å². The predicted molar refractivity (Wildman–Crippen MR) is 86.2 cm³/mol. The van der Waals surface area contributed by atoms with E-state index in [0.717, 1.165) is 5.56 Å². The fourth-order valence-electron chi connectivity index (χ4n) is 1.98. The van der Waals surface area contributed by atoms with Gasteiger partial charge in [-0.15, -0.1) is 0 Å². The average molecular weight is 306 g/mol. The van der Waals surface area contributed by atoms with Gasteiger partial charge in [-0.25, -0.2) is 4.79 Å². The first-order valence-corrected chi connectivity index (χ1v) is 7.49. The third-order valence-electron chi connectivity index (χ3n) is 2.93. The van der Waals surface area contributed by atoms with Crippen LogP contribution in [0.4, 0.5) is 0 Å². The molecule has 0 radical (unpaired) electrons. The topological polar surface area (TPSA) is 81.4 Å². The molecule has 22 heavy (non-hydrogen) atoms. The fourth-order valence-corrected chi connectivity index (χ4v) is 1.98. The molecule has 1 amide bonds. The van der Waals surface area contributed by atoms with E-state index >= 15 is 0 Å². The summed E-state index contributed by atoms with van der Waals surface area (Å²) in [5.41, 5.74) is 6.50. The van der Waals surface area contributed by atoms with Gasteiger partial charge in [-0.2, -0.15) is 0 Å². The van der Waals surface area contributed by atoms with E-state index in [9.17, 15) is 9.59 Å². The summed E-state index contributed by atoms with van der Waals surface area (Å²) in [6.07, 6.45) is 0.789. The highest BCUT2D eigenvalue weighted by atomic mass is 16.6. The molecule has 0 aliphatic rings. The maximum Gasteiger partial charge on any atom is 0.328 e. The zero-order chi connectivity index (χ0) is 16.8. The third-order valence-corrected chi connectivity index (χ3v) is 2.93. The summed E-state index contributed by atoms with van der Waals surface area (Å²) in [4.78, 5) is 23.7. The Balaban J connectivity index is 2.40. The number of carbonyl (C=O) groups excluding carboxylic acids is 2. The molecular weight excluding hydrogens is 280 g/mol. The third kappa shape index (κ3) is 7.22. The van der Waals surface area contributed by atoms with Crippen molar-refractivity contribution < 1.29 is 14.3 Å². The number of benzene rings is 1. The first kappa shape index (κ1) is 18.2. The van der Waals surface area contributed by atoms with Crippen LogP contribution in [0.1, 0.15) is 39.7 Å². The molecule has 1 rings (SSSR count). The summed E-state index contributed by atoms with van der Waals surface area (Å²) in [7, 11) is 0. The number of nitrogens with one attached hydrogen (secondary N) is 1. The molecule has 0 unspecified atom stereocenters. The molecule has 5 nitrogen and oxygen atoms in total. The molecule has 1 aromatic carbocycles. The first-order chi connectivity index (χ1) is 10.2. The van der Waals surface area contributed by atoms with E-state index in [1.807, 2.05) is 30.3 Å². The Morgan fingerprint density at radius 1 is 1.23 bits per heavy atom. The van der Waals surface area contributed by atoms with E-state index in [1.165, 1.54) is 0 Å². The van der Waals surface area contributed by atoms with Crippen LogP contribution in [0.2, 0.25) is 0 Å². The van der Waals surface area contributed by atoms with Gasteiger partial charge in [-0.05, 0) is 39.7 Å². The number of amides is 1. The molecule has 3 N–H and O–H groups in total. The second-order valence-corrected chi connectivity index (χ2v) is 6.48. The van der Waals surface area contributed by atoms with Crippen molar-refractivity contribution in [1.29, 1.82) is 0 Å². The maximum atomic E-state index is 11.9. The Bertz CT molecular complexity index is 494. The minimum Gasteiger partial charge on any atom is -0.458 e. The van der Waals surface area contributed by atoms with Crippen molar-refractivity contribution in [2.45, 2.75) is 58.2 Å². The zero-order valence-electron chi connectivity index (χ0n) is 13.8. The largest absolute Gasteiger partial charge is 0.458 e. The van der Waals surface area contributed by atoms with Gasteiger partial charge in [0.1, 0.15) is 11.6 Å². The first-order valence-electron chi connectivity index (χ1n) is 7.49. The monoisotopic (exact) mass is 306 g/mol. The molecule has 0 saturated carbocycles. The molecule has 0 aromatic heterocycles. The molecule has 122 valence electrons. The summed E-state index contributed by atoms with van der Waals surface area (Å²) in [5, 5.41) is 2.63. The van der Waals surface area contributed by atoms with Gasteiger partial charge < -0.3 is 15.8 Å². The lowest BCUT2D eigenvalue weighted by Crippen LogP contribution is -2.44. The summed E-state index contributed by atoms with van der Waals surface area (Å²) < 4.78 is 5.22. The highest BCUT2D eigenvalue weighted by molar-refractivity contribution is 5.84. The second kappa shape index (κ2) is 7.94. The lowest BCUT2D eigenvalue weighted by atomic mass is 10.0. The Kier molecular flexibility index (Phi) is 6.56. The number of rotatable bonds is 6. The second-order valence-electron chi connectivity index (χ2n) is 6.48. The van der Waals surface area contributed by atoms with Gasteiger partial charge in [0.05, 0.1) is 0 Å². The molecule has 0 spiro atoms. The molecule has 1 aromatic rings. The van der Waals surface area contributed by atoms with E-state index in [4.69, 9.17) is 10.5 Å². The van der Waals surface area contributed by atoms with E-state index in [-0.39, 0.29) is 18.4 Å². The smallest absolute Gasteiger partial charge is 0.328 e. The lowest BCUT2D eigenvalue weighted by molar-refractivity contribution is -0.158. The van der Waals surface area contributed by atoms with Gasteiger partial charge in [-0.3, -0.25) is 4.79 Å². The van der Waals surface area contributed by atoms with Crippen molar-refractivity contribution in [2.75, 3.05) is 0 Å². The molecule has 0 aliphatic carbocycles. The van der Waals surface area contributed by atoms with Crippen LogP contribution in [0.3, 0.4) is 0 Å². The number of hydrogen-bond acceptors (Lipinski definition) is 4. The van der Waals surface area contributed by atoms with Crippen molar-refractivity contribution >= 4 is 11.9 Å². The summed E-state index contributed by atoms with van der Waals surface area (Å²) >= 11 is 0. The minimum absolute atomic E-state index is 0.169. The Hall–Kier alpha value is -1.88. The van der Waals surface area contributed by atoms with Crippen molar-refractivity contribution in [3.63, 3.8) is 0 Å². The quantitative estimate of drug-likeness (QED) is 0.785. The van der Waals surface area contributed by atoms with Crippen LogP contribution in [0.5, 0.6) is 0 Å². The number of ether oxygens (including phenoxy) is 1. The summed E-state index contributed by atoms with van der Waals surface area (Å²) in [6.45, 7) is 6.97. The molecule has 0 heterocycles. The van der Waals surface area contributed by atoms with Gasteiger partial charge in [0, 0.05) is 12.5 Å². The fraction of sp³-hybridized carbons (Fsp3) is 0.529. The van der Waals surface area contributed by atoms with E-state index in [1.54, 1.807) is 27.7 Å². The van der Waals surface area contributed by atoms with Crippen LogP contribution in [0.25, 0.3) is 0 Å². The number of nitrogens with two attached hydrogens (primary N) is 1. The van der Waals surface area contributed by atoms with E-state index in [0.29, 0.717) is 6.42 Å². The van der Waals surface area contributed by atoms with Crippen LogP contribution in [0, 0.1) is 0 Å². The molecule has 0 bridgehead atoms. The lowest BCUT2D eigenvalue weighted by Gasteiger charge is -2.23. The van der Waals surface area contributed by atoms with E-state index in [2.05, 4.69) is 5.32 Å². The molecule has 2 atom stereocenters. The van der Waals surface area contributed by atoms with Gasteiger partial charge in [0.2, 0.25) is 5.91 Å². The average Bonchev–Trinajstić information content (AvgIpc) is 2.37. The highest BCUT2D eigenvalue weighted by Gasteiger charge is 2.23. The Morgan fingerprint density at radius 3 is 2.36 bits per heavy atom. The predicted octanol–water partition coefficient (Wildman–Crippen LogP) is 1.79. The minimum atomic E-state index is -0.685. The Morgan fingerprint density at radius 2 is 1.82 bits per heavy atom. The number of esters is 1. The summed E-state index contributed by atoms with van der Waals surface area (Å²) in [5.74, 6) is -0.695. The van der Waals surface area contributed by atoms with E-state index < -0.39 is 17.6 Å². The maximum absolute atomic E-state index is 11.9. The van der Waals surface area contributed by atoms with Gasteiger partial charge in [-0.1, -0.05) is 30.3 Å². The zero-order valence-corrected chi connectivity index (χ0v) is 13.8. The normalized spacial score (nSPS) is 14.0. The Labute approximate surface area is 132 Å². The van der Waals surface area contributed by atoms with Crippen molar-refractivity contribution in [3.8, 4) is 0 Å². The highest BCUT2D eigenvalue weighted by Crippen LogP contribution is 2.09. The van der Waals surface area contributed by atoms with Crippen LogP contribution >= 0.6 is 0 Å². The van der Waals surface area contributed by atoms with Gasteiger partial charge in [0.15, 0.2) is 0 Å².